The molecule has 0 radical (unpaired) electrons. The number of hydrogen-bond acceptors (Lipinski definition) is 2. The van der Waals surface area contributed by atoms with Crippen molar-refractivity contribution in [2.24, 2.45) is 7.05 Å². The van der Waals surface area contributed by atoms with Crippen LogP contribution in [-0.2, 0) is 19.6 Å². The van der Waals surface area contributed by atoms with Crippen molar-refractivity contribution in [1.82, 2.24) is 14.9 Å². The van der Waals surface area contributed by atoms with Crippen LogP contribution in [0.3, 0.4) is 0 Å². The SMILES string of the molecule is CC(C)NCCCc1nc2cc(C(F)(F)F)ccc2n1C. The van der Waals surface area contributed by atoms with Crippen LogP contribution in [0.4, 0.5) is 13.2 Å². The molecule has 6 heteroatoms. The zero-order valence-electron chi connectivity index (χ0n) is 12.5. The zero-order chi connectivity index (χ0) is 15.6. The second-order valence-electron chi connectivity index (χ2n) is 5.50. The second-order valence-corrected chi connectivity index (χ2v) is 5.50. The van der Waals surface area contributed by atoms with Crippen molar-refractivity contribution in [3.05, 3.63) is 29.6 Å². The van der Waals surface area contributed by atoms with Crippen LogP contribution in [-0.4, -0.2) is 22.1 Å². The zero-order valence-corrected chi connectivity index (χ0v) is 12.5. The minimum Gasteiger partial charge on any atom is -0.331 e. The van der Waals surface area contributed by atoms with Gasteiger partial charge in [0.05, 0.1) is 16.6 Å². The van der Waals surface area contributed by atoms with Crippen molar-refractivity contribution >= 4 is 11.0 Å². The Morgan fingerprint density at radius 1 is 1.29 bits per heavy atom. The first-order chi connectivity index (χ1) is 9.79. The predicted molar refractivity (Wildman–Crippen MR) is 77.2 cm³/mol. The average Bonchev–Trinajstić information content (AvgIpc) is 2.70. The normalized spacial score (nSPS) is 12.5. The van der Waals surface area contributed by atoms with Crippen molar-refractivity contribution < 1.29 is 13.2 Å². The first-order valence-electron chi connectivity index (χ1n) is 7.05. The molecule has 3 nitrogen and oxygen atoms in total. The van der Waals surface area contributed by atoms with E-state index in [0.29, 0.717) is 11.6 Å². The molecule has 0 aliphatic carbocycles. The van der Waals surface area contributed by atoms with Crippen molar-refractivity contribution in [2.45, 2.75) is 38.9 Å². The third kappa shape index (κ3) is 3.75. The Kier molecular flexibility index (Phi) is 4.56. The highest BCUT2D eigenvalue weighted by molar-refractivity contribution is 5.77. The molecule has 21 heavy (non-hydrogen) atoms. The predicted octanol–water partition coefficient (Wildman–Crippen LogP) is 3.52. The molecule has 2 rings (SSSR count). The monoisotopic (exact) mass is 299 g/mol. The van der Waals surface area contributed by atoms with E-state index in [2.05, 4.69) is 24.1 Å². The van der Waals surface area contributed by atoms with E-state index >= 15 is 0 Å². The second kappa shape index (κ2) is 6.05. The fraction of sp³-hybridized carbons (Fsp3) is 0.533. The number of imidazole rings is 1. The third-order valence-electron chi connectivity index (χ3n) is 3.43. The topological polar surface area (TPSA) is 29.9 Å². The molecule has 116 valence electrons. The van der Waals surface area contributed by atoms with Gasteiger partial charge in [-0.2, -0.15) is 13.2 Å². The molecular weight excluding hydrogens is 279 g/mol. The summed E-state index contributed by atoms with van der Waals surface area (Å²) in [5.74, 6) is 0.815. The summed E-state index contributed by atoms with van der Waals surface area (Å²) in [6, 6.07) is 4.14. The van der Waals surface area contributed by atoms with E-state index in [1.807, 2.05) is 11.6 Å². The van der Waals surface area contributed by atoms with Crippen molar-refractivity contribution in [3.63, 3.8) is 0 Å². The van der Waals surface area contributed by atoms with Crippen LogP contribution in [0, 0.1) is 0 Å². The highest BCUT2D eigenvalue weighted by atomic mass is 19.4. The summed E-state index contributed by atoms with van der Waals surface area (Å²) in [7, 11) is 1.84. The summed E-state index contributed by atoms with van der Waals surface area (Å²) in [4.78, 5) is 4.34. The number of nitrogens with one attached hydrogen (secondary N) is 1. The summed E-state index contributed by atoms with van der Waals surface area (Å²) < 4.78 is 40.0. The molecule has 0 spiro atoms. The lowest BCUT2D eigenvalue weighted by molar-refractivity contribution is -0.137. The Labute approximate surface area is 122 Å². The lowest BCUT2D eigenvalue weighted by Crippen LogP contribution is -2.24. The van der Waals surface area contributed by atoms with E-state index < -0.39 is 11.7 Å². The molecule has 0 saturated heterocycles. The molecule has 0 amide bonds. The summed E-state index contributed by atoms with van der Waals surface area (Å²) in [6.07, 6.45) is -2.68. The number of hydrogen-bond donors (Lipinski definition) is 1. The molecule has 2 aromatic rings. The summed E-state index contributed by atoms with van der Waals surface area (Å²) in [6.45, 7) is 5.02. The molecule has 1 heterocycles. The molecule has 0 aliphatic rings. The molecule has 0 atom stereocenters. The number of fused-ring (bicyclic) bond motifs is 1. The summed E-state index contributed by atoms with van der Waals surface area (Å²) in [5, 5.41) is 3.31. The molecule has 0 aliphatic heterocycles. The van der Waals surface area contributed by atoms with Gasteiger partial charge in [-0.1, -0.05) is 13.8 Å². The van der Waals surface area contributed by atoms with Gasteiger partial charge in [-0.05, 0) is 31.2 Å². The molecule has 0 bridgehead atoms. The van der Waals surface area contributed by atoms with Gasteiger partial charge in [0.2, 0.25) is 0 Å². The van der Waals surface area contributed by atoms with E-state index in [9.17, 15) is 13.2 Å². The standard InChI is InChI=1S/C15H20F3N3/c1-10(2)19-8-4-5-14-20-12-9-11(15(16,17)18)6-7-13(12)21(14)3/h6-7,9-10,19H,4-5,8H2,1-3H3. The Balaban J connectivity index is 2.16. The number of alkyl halides is 3. The number of halogens is 3. The first-order valence-corrected chi connectivity index (χ1v) is 7.05. The highest BCUT2D eigenvalue weighted by Crippen LogP contribution is 2.31. The Morgan fingerprint density at radius 2 is 2.00 bits per heavy atom. The minimum absolute atomic E-state index is 0.402. The van der Waals surface area contributed by atoms with E-state index in [-0.39, 0.29) is 0 Å². The molecule has 0 unspecified atom stereocenters. The van der Waals surface area contributed by atoms with E-state index in [1.165, 1.54) is 6.07 Å². The van der Waals surface area contributed by atoms with E-state index in [4.69, 9.17) is 0 Å². The van der Waals surface area contributed by atoms with Crippen molar-refractivity contribution in [3.8, 4) is 0 Å². The maximum atomic E-state index is 12.7. The Morgan fingerprint density at radius 3 is 2.62 bits per heavy atom. The van der Waals surface area contributed by atoms with Gasteiger partial charge in [0.15, 0.2) is 0 Å². The molecule has 1 N–H and O–H groups in total. The van der Waals surface area contributed by atoms with Gasteiger partial charge in [0.25, 0.3) is 0 Å². The third-order valence-corrected chi connectivity index (χ3v) is 3.43. The fourth-order valence-corrected chi connectivity index (χ4v) is 2.29. The van der Waals surface area contributed by atoms with Gasteiger partial charge in [0, 0.05) is 19.5 Å². The van der Waals surface area contributed by atoms with Crippen LogP contribution < -0.4 is 5.32 Å². The minimum atomic E-state index is -4.33. The van der Waals surface area contributed by atoms with Crippen LogP contribution in [0.15, 0.2) is 18.2 Å². The number of aryl methyl sites for hydroxylation is 2. The molecule has 1 aromatic carbocycles. The van der Waals surface area contributed by atoms with Crippen LogP contribution >= 0.6 is 0 Å². The number of rotatable bonds is 5. The Hall–Kier alpha value is -1.56. The Bertz CT molecular complexity index is 614. The lowest BCUT2D eigenvalue weighted by atomic mass is 10.2. The van der Waals surface area contributed by atoms with Gasteiger partial charge in [-0.3, -0.25) is 0 Å². The summed E-state index contributed by atoms with van der Waals surface area (Å²) >= 11 is 0. The van der Waals surface area contributed by atoms with Gasteiger partial charge >= 0.3 is 6.18 Å². The summed E-state index contributed by atoms with van der Waals surface area (Å²) in [5.41, 5.74) is 0.482. The quantitative estimate of drug-likeness (QED) is 0.856. The maximum absolute atomic E-state index is 12.7. The van der Waals surface area contributed by atoms with E-state index in [0.717, 1.165) is 42.9 Å². The smallest absolute Gasteiger partial charge is 0.331 e. The lowest BCUT2D eigenvalue weighted by Gasteiger charge is -2.07. The van der Waals surface area contributed by atoms with Crippen molar-refractivity contribution in [2.75, 3.05) is 6.54 Å². The largest absolute Gasteiger partial charge is 0.416 e. The van der Waals surface area contributed by atoms with Crippen molar-refractivity contribution in [1.29, 1.82) is 0 Å². The maximum Gasteiger partial charge on any atom is 0.416 e. The van der Waals surface area contributed by atoms with E-state index in [1.54, 1.807) is 0 Å². The number of nitrogens with zero attached hydrogens (tertiary/aromatic N) is 2. The molecule has 1 aromatic heterocycles. The highest BCUT2D eigenvalue weighted by Gasteiger charge is 2.30. The van der Waals surface area contributed by atoms with Crippen LogP contribution in [0.2, 0.25) is 0 Å². The molecule has 0 fully saturated rings. The van der Waals surface area contributed by atoms with Gasteiger partial charge in [-0.15, -0.1) is 0 Å². The van der Waals surface area contributed by atoms with Gasteiger partial charge in [-0.25, -0.2) is 4.98 Å². The molecule has 0 saturated carbocycles. The van der Waals surface area contributed by atoms with Crippen LogP contribution in [0.5, 0.6) is 0 Å². The number of benzene rings is 1. The fourth-order valence-electron chi connectivity index (χ4n) is 2.29. The first kappa shape index (κ1) is 15.8. The van der Waals surface area contributed by atoms with Crippen LogP contribution in [0.1, 0.15) is 31.7 Å². The van der Waals surface area contributed by atoms with Crippen LogP contribution in [0.25, 0.3) is 11.0 Å². The average molecular weight is 299 g/mol. The molecular formula is C15H20F3N3. The van der Waals surface area contributed by atoms with Gasteiger partial charge < -0.3 is 9.88 Å². The number of aromatic nitrogens is 2. The van der Waals surface area contributed by atoms with Gasteiger partial charge in [0.1, 0.15) is 5.82 Å².